The van der Waals surface area contributed by atoms with E-state index < -0.39 is 0 Å². The standard InChI is InChI=1S/C19H20FN3O/c1-12-8-13(2-5-16(12)20)3-7-19(24)23-14-4-6-18(23)15-10-21-11-22-17(15)9-14/h2,5,8,10-11,14,18H,3-4,6-7,9H2,1H3. The van der Waals surface area contributed by atoms with Crippen molar-refractivity contribution in [3.05, 3.63) is 58.9 Å². The van der Waals surface area contributed by atoms with Crippen molar-refractivity contribution in [3.63, 3.8) is 0 Å². The van der Waals surface area contributed by atoms with Crippen molar-refractivity contribution in [3.8, 4) is 0 Å². The third-order valence-electron chi connectivity index (χ3n) is 5.26. The van der Waals surface area contributed by atoms with Gasteiger partial charge in [0, 0.05) is 30.6 Å². The number of hydrogen-bond acceptors (Lipinski definition) is 3. The quantitative estimate of drug-likeness (QED) is 0.871. The Labute approximate surface area is 140 Å². The van der Waals surface area contributed by atoms with Crippen molar-refractivity contribution in [2.75, 3.05) is 0 Å². The summed E-state index contributed by atoms with van der Waals surface area (Å²) in [6.07, 6.45) is 7.41. The van der Waals surface area contributed by atoms with Crippen molar-refractivity contribution in [2.45, 2.75) is 51.1 Å². The van der Waals surface area contributed by atoms with Gasteiger partial charge in [-0.2, -0.15) is 0 Å². The van der Waals surface area contributed by atoms with Crippen LogP contribution in [0.25, 0.3) is 0 Å². The van der Waals surface area contributed by atoms with Crippen LogP contribution in [0.3, 0.4) is 0 Å². The van der Waals surface area contributed by atoms with Crippen LogP contribution < -0.4 is 0 Å². The number of halogens is 1. The Kier molecular flexibility index (Phi) is 3.79. The molecule has 1 aromatic heterocycles. The summed E-state index contributed by atoms with van der Waals surface area (Å²) in [5.74, 6) is -0.0188. The van der Waals surface area contributed by atoms with Gasteiger partial charge in [0.15, 0.2) is 0 Å². The van der Waals surface area contributed by atoms with Gasteiger partial charge < -0.3 is 4.90 Å². The first kappa shape index (κ1) is 15.2. The van der Waals surface area contributed by atoms with Crippen LogP contribution in [0.2, 0.25) is 0 Å². The van der Waals surface area contributed by atoms with Gasteiger partial charge in [0.2, 0.25) is 5.91 Å². The van der Waals surface area contributed by atoms with Gasteiger partial charge in [-0.1, -0.05) is 12.1 Å². The molecule has 5 heteroatoms. The highest BCUT2D eigenvalue weighted by Crippen LogP contribution is 2.43. The van der Waals surface area contributed by atoms with Crippen molar-refractivity contribution >= 4 is 5.91 Å². The molecular formula is C19H20FN3O. The first-order chi connectivity index (χ1) is 11.6. The maximum absolute atomic E-state index is 13.4. The fourth-order valence-corrected chi connectivity index (χ4v) is 4.05. The van der Waals surface area contributed by atoms with Gasteiger partial charge >= 0.3 is 0 Å². The smallest absolute Gasteiger partial charge is 0.223 e. The fraction of sp³-hybridized carbons (Fsp3) is 0.421. The van der Waals surface area contributed by atoms with Crippen LogP contribution in [0.4, 0.5) is 4.39 Å². The number of aryl methyl sites for hydroxylation is 2. The topological polar surface area (TPSA) is 46.1 Å². The van der Waals surface area contributed by atoms with E-state index in [1.165, 1.54) is 6.07 Å². The lowest BCUT2D eigenvalue weighted by Gasteiger charge is -2.35. The van der Waals surface area contributed by atoms with E-state index in [2.05, 4.69) is 9.97 Å². The molecule has 124 valence electrons. The number of aromatic nitrogens is 2. The van der Waals surface area contributed by atoms with E-state index in [1.54, 1.807) is 19.3 Å². The summed E-state index contributed by atoms with van der Waals surface area (Å²) in [5.41, 5.74) is 3.84. The molecule has 2 atom stereocenters. The van der Waals surface area contributed by atoms with E-state index in [-0.39, 0.29) is 23.8 Å². The maximum Gasteiger partial charge on any atom is 0.223 e. The molecule has 4 nitrogen and oxygen atoms in total. The largest absolute Gasteiger partial charge is 0.332 e. The van der Waals surface area contributed by atoms with Gasteiger partial charge in [0.05, 0.1) is 11.7 Å². The van der Waals surface area contributed by atoms with Gasteiger partial charge in [-0.3, -0.25) is 4.79 Å². The summed E-state index contributed by atoms with van der Waals surface area (Å²) in [5, 5.41) is 0. The molecule has 0 N–H and O–H groups in total. The highest BCUT2D eigenvalue weighted by Gasteiger charge is 2.42. The van der Waals surface area contributed by atoms with Gasteiger partial charge in [0.1, 0.15) is 12.1 Å². The highest BCUT2D eigenvalue weighted by atomic mass is 19.1. The van der Waals surface area contributed by atoms with E-state index in [1.807, 2.05) is 17.2 Å². The summed E-state index contributed by atoms with van der Waals surface area (Å²) in [4.78, 5) is 23.4. The second-order valence-corrected chi connectivity index (χ2v) is 6.76. The van der Waals surface area contributed by atoms with Crippen molar-refractivity contribution in [1.82, 2.24) is 14.9 Å². The number of hydrogen-bond donors (Lipinski definition) is 0. The van der Waals surface area contributed by atoms with E-state index in [0.717, 1.165) is 36.1 Å². The fourth-order valence-electron chi connectivity index (χ4n) is 4.05. The Morgan fingerprint density at radius 3 is 3.08 bits per heavy atom. The molecule has 1 aromatic carbocycles. The minimum absolute atomic E-state index is 0.127. The number of benzene rings is 1. The van der Waals surface area contributed by atoms with Crippen LogP contribution in [0.15, 0.2) is 30.7 Å². The highest BCUT2D eigenvalue weighted by molar-refractivity contribution is 5.78. The molecule has 2 unspecified atom stereocenters. The van der Waals surface area contributed by atoms with Crippen LogP contribution >= 0.6 is 0 Å². The van der Waals surface area contributed by atoms with Gasteiger partial charge in [-0.05, 0) is 43.4 Å². The van der Waals surface area contributed by atoms with E-state index in [4.69, 9.17) is 0 Å². The van der Waals surface area contributed by atoms with Gasteiger partial charge in [0.25, 0.3) is 0 Å². The SMILES string of the molecule is Cc1cc(CCC(=O)N2C3CCC2c2cncnc2C3)ccc1F. The monoisotopic (exact) mass is 325 g/mol. The van der Waals surface area contributed by atoms with Crippen LogP contribution in [0.1, 0.15) is 47.7 Å². The molecule has 2 aromatic rings. The Morgan fingerprint density at radius 1 is 1.38 bits per heavy atom. The Balaban J connectivity index is 1.48. The summed E-state index contributed by atoms with van der Waals surface area (Å²) in [6, 6.07) is 5.47. The number of rotatable bonds is 3. The molecule has 0 saturated carbocycles. The normalized spacial score (nSPS) is 21.7. The number of carbonyl (C=O) groups excluding carboxylic acids is 1. The molecule has 0 spiro atoms. The molecule has 2 bridgehead atoms. The predicted molar refractivity (Wildman–Crippen MR) is 87.8 cm³/mol. The zero-order chi connectivity index (χ0) is 16.7. The minimum atomic E-state index is -0.198. The Bertz CT molecular complexity index is 792. The number of fused-ring (bicyclic) bond motifs is 4. The number of nitrogens with zero attached hydrogens (tertiary/aromatic N) is 3. The molecule has 2 aliphatic heterocycles. The van der Waals surface area contributed by atoms with Crippen LogP contribution in [-0.4, -0.2) is 26.8 Å². The van der Waals surface area contributed by atoms with Crippen molar-refractivity contribution in [1.29, 1.82) is 0 Å². The second kappa shape index (κ2) is 5.96. The summed E-state index contributed by atoms with van der Waals surface area (Å²) < 4.78 is 13.4. The predicted octanol–water partition coefficient (Wildman–Crippen LogP) is 3.15. The Hall–Kier alpha value is -2.30. The molecule has 1 amide bonds. The van der Waals surface area contributed by atoms with Gasteiger partial charge in [-0.25, -0.2) is 14.4 Å². The van der Waals surface area contributed by atoms with Gasteiger partial charge in [-0.15, -0.1) is 0 Å². The van der Waals surface area contributed by atoms with Crippen molar-refractivity contribution < 1.29 is 9.18 Å². The molecule has 4 rings (SSSR count). The van der Waals surface area contributed by atoms with Crippen molar-refractivity contribution in [2.24, 2.45) is 0 Å². The lowest BCUT2D eigenvalue weighted by atomic mass is 9.98. The zero-order valence-corrected chi connectivity index (χ0v) is 13.7. The summed E-state index contributed by atoms with van der Waals surface area (Å²) in [7, 11) is 0. The number of amides is 1. The molecule has 2 aliphatic rings. The molecular weight excluding hydrogens is 305 g/mol. The van der Waals surface area contributed by atoms with Crippen LogP contribution in [-0.2, 0) is 17.6 Å². The van der Waals surface area contributed by atoms with Crippen LogP contribution in [0.5, 0.6) is 0 Å². The number of carbonyl (C=O) groups is 1. The van der Waals surface area contributed by atoms with E-state index in [0.29, 0.717) is 18.4 Å². The van der Waals surface area contributed by atoms with E-state index in [9.17, 15) is 9.18 Å². The molecule has 1 fully saturated rings. The Morgan fingerprint density at radius 2 is 2.25 bits per heavy atom. The summed E-state index contributed by atoms with van der Waals surface area (Å²) >= 11 is 0. The third-order valence-corrected chi connectivity index (χ3v) is 5.26. The molecule has 24 heavy (non-hydrogen) atoms. The molecule has 0 radical (unpaired) electrons. The lowest BCUT2D eigenvalue weighted by molar-refractivity contribution is -0.134. The maximum atomic E-state index is 13.4. The molecule has 0 aliphatic carbocycles. The molecule has 1 saturated heterocycles. The lowest BCUT2D eigenvalue weighted by Crippen LogP contribution is -2.42. The molecule has 3 heterocycles. The average Bonchev–Trinajstić information content (AvgIpc) is 2.91. The average molecular weight is 325 g/mol. The first-order valence-electron chi connectivity index (χ1n) is 8.48. The zero-order valence-electron chi connectivity index (χ0n) is 13.7. The first-order valence-corrected chi connectivity index (χ1v) is 8.48. The minimum Gasteiger partial charge on any atom is -0.332 e. The second-order valence-electron chi connectivity index (χ2n) is 6.76. The summed E-state index contributed by atoms with van der Waals surface area (Å²) in [6.45, 7) is 1.75. The van der Waals surface area contributed by atoms with Crippen LogP contribution in [0, 0.1) is 12.7 Å². The third kappa shape index (κ3) is 2.58. The van der Waals surface area contributed by atoms with E-state index >= 15 is 0 Å².